The van der Waals surface area contributed by atoms with Crippen molar-refractivity contribution < 1.29 is 24.9 Å². The van der Waals surface area contributed by atoms with E-state index >= 15 is 0 Å². The summed E-state index contributed by atoms with van der Waals surface area (Å²) in [6.45, 7) is 0.0855. The lowest BCUT2D eigenvalue weighted by molar-refractivity contribution is -0.158. The monoisotopic (exact) mass is 280 g/mol. The van der Waals surface area contributed by atoms with Crippen LogP contribution in [0.25, 0.3) is 0 Å². The second-order valence-corrected chi connectivity index (χ2v) is 4.97. The standard InChI is InChI=1S/C13H16N2O5/c16-9-8-6-20-12(11(18)10(9)17)15(8)13(19)14-7-4-2-1-3-5-7/h1-5,8-12,16-18H,6H2,(H,14,19)/t8-,9+,10-,11-,12+/m0/s1. The molecule has 4 N–H and O–H groups in total. The number of benzene rings is 1. The minimum absolute atomic E-state index is 0.0855. The van der Waals surface area contributed by atoms with Crippen molar-refractivity contribution in [2.45, 2.75) is 30.6 Å². The molecule has 0 aromatic heterocycles. The maximum Gasteiger partial charge on any atom is 0.324 e. The largest absolute Gasteiger partial charge is 0.388 e. The van der Waals surface area contributed by atoms with Crippen LogP contribution in [-0.2, 0) is 4.74 Å². The fourth-order valence-electron chi connectivity index (χ4n) is 2.65. The molecule has 20 heavy (non-hydrogen) atoms. The molecule has 108 valence electrons. The van der Waals surface area contributed by atoms with Crippen molar-refractivity contribution in [1.82, 2.24) is 4.90 Å². The summed E-state index contributed by atoms with van der Waals surface area (Å²) >= 11 is 0. The van der Waals surface area contributed by atoms with Gasteiger partial charge in [0.1, 0.15) is 18.3 Å². The Morgan fingerprint density at radius 2 is 1.85 bits per heavy atom. The van der Waals surface area contributed by atoms with Crippen molar-refractivity contribution in [3.05, 3.63) is 30.3 Å². The average molecular weight is 280 g/mol. The van der Waals surface area contributed by atoms with Gasteiger partial charge in [0.2, 0.25) is 0 Å². The van der Waals surface area contributed by atoms with Crippen LogP contribution in [-0.4, -0.2) is 63.4 Å². The number of nitrogens with one attached hydrogen (secondary N) is 1. The fourth-order valence-corrected chi connectivity index (χ4v) is 2.65. The molecule has 5 atom stereocenters. The average Bonchev–Trinajstić information content (AvgIpc) is 2.86. The number of aliphatic hydroxyl groups is 3. The Morgan fingerprint density at radius 3 is 2.55 bits per heavy atom. The quantitative estimate of drug-likeness (QED) is 0.547. The molecule has 0 saturated carbocycles. The van der Waals surface area contributed by atoms with Crippen LogP contribution in [0.3, 0.4) is 0 Å². The van der Waals surface area contributed by atoms with Crippen LogP contribution in [0, 0.1) is 0 Å². The molecule has 2 bridgehead atoms. The van der Waals surface area contributed by atoms with Gasteiger partial charge >= 0.3 is 6.03 Å². The van der Waals surface area contributed by atoms with Crippen molar-refractivity contribution >= 4 is 11.7 Å². The summed E-state index contributed by atoms with van der Waals surface area (Å²) in [6.07, 6.45) is -4.81. The predicted octanol–water partition coefficient (Wildman–Crippen LogP) is -0.658. The number of para-hydroxylation sites is 1. The number of anilines is 1. The van der Waals surface area contributed by atoms with Crippen LogP contribution in [0.15, 0.2) is 30.3 Å². The van der Waals surface area contributed by atoms with Crippen molar-refractivity contribution in [2.75, 3.05) is 11.9 Å². The molecular weight excluding hydrogens is 264 g/mol. The first kappa shape index (κ1) is 13.3. The molecule has 2 amide bonds. The van der Waals surface area contributed by atoms with E-state index in [1.807, 2.05) is 6.07 Å². The summed E-state index contributed by atoms with van der Waals surface area (Å²) in [6, 6.07) is 7.71. The number of nitrogens with zero attached hydrogens (tertiary/aromatic N) is 1. The molecule has 3 rings (SSSR count). The number of rotatable bonds is 1. The Bertz CT molecular complexity index is 479. The van der Waals surface area contributed by atoms with E-state index in [9.17, 15) is 20.1 Å². The highest BCUT2D eigenvalue weighted by Gasteiger charge is 2.54. The maximum absolute atomic E-state index is 12.3. The molecule has 1 aromatic carbocycles. The Labute approximate surface area is 115 Å². The Balaban J connectivity index is 1.78. The Hall–Kier alpha value is -1.67. The summed E-state index contributed by atoms with van der Waals surface area (Å²) in [4.78, 5) is 13.5. The highest BCUT2D eigenvalue weighted by atomic mass is 16.5. The van der Waals surface area contributed by atoms with Gasteiger partial charge in [-0.05, 0) is 12.1 Å². The Morgan fingerprint density at radius 1 is 1.15 bits per heavy atom. The fraction of sp³-hybridized carbons (Fsp3) is 0.462. The van der Waals surface area contributed by atoms with E-state index in [1.54, 1.807) is 24.3 Å². The zero-order chi connectivity index (χ0) is 14.3. The molecule has 2 saturated heterocycles. The molecule has 0 aliphatic carbocycles. The lowest BCUT2D eigenvalue weighted by atomic mass is 9.95. The van der Waals surface area contributed by atoms with Gasteiger partial charge in [-0.2, -0.15) is 0 Å². The van der Waals surface area contributed by atoms with Crippen molar-refractivity contribution in [3.63, 3.8) is 0 Å². The molecule has 2 fully saturated rings. The predicted molar refractivity (Wildman–Crippen MR) is 68.8 cm³/mol. The van der Waals surface area contributed by atoms with E-state index in [2.05, 4.69) is 5.32 Å². The SMILES string of the molecule is O=C(Nc1ccccc1)N1[C@@H]2OC[C@H]1[C@@H](O)[C@H](O)[C@@H]2O. The van der Waals surface area contributed by atoms with Gasteiger partial charge in [-0.25, -0.2) is 4.79 Å². The van der Waals surface area contributed by atoms with Crippen LogP contribution >= 0.6 is 0 Å². The molecule has 7 nitrogen and oxygen atoms in total. The normalized spacial score (nSPS) is 36.0. The zero-order valence-corrected chi connectivity index (χ0v) is 10.6. The molecule has 0 unspecified atom stereocenters. The number of amides is 2. The number of urea groups is 1. The molecule has 2 aliphatic heterocycles. The van der Waals surface area contributed by atoms with Crippen molar-refractivity contribution in [1.29, 1.82) is 0 Å². The molecule has 0 radical (unpaired) electrons. The number of carbonyl (C=O) groups is 1. The minimum Gasteiger partial charge on any atom is -0.388 e. The maximum atomic E-state index is 12.3. The van der Waals surface area contributed by atoms with Crippen LogP contribution in [0.5, 0.6) is 0 Å². The number of hydrogen-bond donors (Lipinski definition) is 4. The van der Waals surface area contributed by atoms with Gasteiger partial charge in [0.15, 0.2) is 6.23 Å². The zero-order valence-electron chi connectivity index (χ0n) is 10.6. The highest BCUT2D eigenvalue weighted by Crippen LogP contribution is 2.32. The smallest absolute Gasteiger partial charge is 0.324 e. The second kappa shape index (κ2) is 5.02. The van der Waals surface area contributed by atoms with E-state index in [1.165, 1.54) is 4.90 Å². The number of fused-ring (bicyclic) bond motifs is 2. The van der Waals surface area contributed by atoms with E-state index in [4.69, 9.17) is 4.74 Å². The minimum atomic E-state index is -1.33. The lowest BCUT2D eigenvalue weighted by Gasteiger charge is -2.41. The summed E-state index contributed by atoms with van der Waals surface area (Å²) in [5.41, 5.74) is 0.604. The van der Waals surface area contributed by atoms with E-state index in [0.717, 1.165) is 0 Å². The van der Waals surface area contributed by atoms with Gasteiger partial charge < -0.3 is 25.4 Å². The third kappa shape index (κ3) is 2.04. The first-order valence-electron chi connectivity index (χ1n) is 6.40. The van der Waals surface area contributed by atoms with Gasteiger partial charge in [-0.3, -0.25) is 4.90 Å². The van der Waals surface area contributed by atoms with Crippen LogP contribution < -0.4 is 5.32 Å². The van der Waals surface area contributed by atoms with Crippen molar-refractivity contribution in [2.24, 2.45) is 0 Å². The summed E-state index contributed by atoms with van der Waals surface area (Å²) in [5, 5.41) is 32.1. The third-order valence-corrected chi connectivity index (χ3v) is 3.71. The van der Waals surface area contributed by atoms with Crippen LogP contribution in [0.2, 0.25) is 0 Å². The number of hydrogen-bond acceptors (Lipinski definition) is 5. The van der Waals surface area contributed by atoms with Gasteiger partial charge in [-0.1, -0.05) is 18.2 Å². The van der Waals surface area contributed by atoms with Gasteiger partial charge in [0.05, 0.1) is 12.6 Å². The number of piperidine rings is 1. The summed E-state index contributed by atoms with van der Waals surface area (Å²) < 4.78 is 5.30. The molecule has 2 aliphatic rings. The third-order valence-electron chi connectivity index (χ3n) is 3.71. The topological polar surface area (TPSA) is 102 Å². The van der Waals surface area contributed by atoms with E-state index in [0.29, 0.717) is 5.69 Å². The number of aliphatic hydroxyl groups excluding tert-OH is 3. The number of ether oxygens (including phenoxy) is 1. The van der Waals surface area contributed by atoms with E-state index in [-0.39, 0.29) is 6.61 Å². The second-order valence-electron chi connectivity index (χ2n) is 4.97. The van der Waals surface area contributed by atoms with Crippen molar-refractivity contribution in [3.8, 4) is 0 Å². The summed E-state index contributed by atoms with van der Waals surface area (Å²) in [5.74, 6) is 0. The number of carbonyl (C=O) groups excluding carboxylic acids is 1. The molecule has 2 heterocycles. The molecular formula is C13H16N2O5. The van der Waals surface area contributed by atoms with Crippen LogP contribution in [0.4, 0.5) is 10.5 Å². The lowest BCUT2D eigenvalue weighted by Crippen LogP contribution is -2.64. The first-order valence-corrected chi connectivity index (χ1v) is 6.40. The molecule has 7 heteroatoms. The van der Waals surface area contributed by atoms with E-state index < -0.39 is 36.6 Å². The highest BCUT2D eigenvalue weighted by molar-refractivity contribution is 5.90. The summed E-state index contributed by atoms with van der Waals surface area (Å²) in [7, 11) is 0. The van der Waals surface area contributed by atoms with Gasteiger partial charge in [-0.15, -0.1) is 0 Å². The molecule has 1 aromatic rings. The van der Waals surface area contributed by atoms with Gasteiger partial charge in [0, 0.05) is 5.69 Å². The van der Waals surface area contributed by atoms with Gasteiger partial charge in [0.25, 0.3) is 0 Å². The molecule has 0 spiro atoms. The Kier molecular flexibility index (Phi) is 3.35. The first-order chi connectivity index (χ1) is 9.59. The van der Waals surface area contributed by atoms with Crippen LogP contribution in [0.1, 0.15) is 0 Å².